The monoisotopic (exact) mass is 325 g/mol. The first-order chi connectivity index (χ1) is 10.4. The third kappa shape index (κ3) is 3.05. The Morgan fingerprint density at radius 3 is 2.77 bits per heavy atom. The molecule has 1 aliphatic heterocycles. The fraction of sp³-hybridized carbons (Fsp3) is 0.688. The van der Waals surface area contributed by atoms with Crippen molar-refractivity contribution in [3.05, 3.63) is 23.3 Å². The average Bonchev–Trinajstić information content (AvgIpc) is 2.83. The highest BCUT2D eigenvalue weighted by atomic mass is 32.2. The van der Waals surface area contributed by atoms with Crippen molar-refractivity contribution in [1.82, 2.24) is 0 Å². The second-order valence-electron chi connectivity index (χ2n) is 6.35. The van der Waals surface area contributed by atoms with E-state index in [1.807, 2.05) is 0 Å². The van der Waals surface area contributed by atoms with E-state index in [9.17, 15) is 8.42 Å². The van der Waals surface area contributed by atoms with Gasteiger partial charge >= 0.3 is 0 Å². The minimum atomic E-state index is -3.39. The third-order valence-corrected chi connectivity index (χ3v) is 5.20. The maximum Gasteiger partial charge on any atom is 0.250 e. The zero-order valence-electron chi connectivity index (χ0n) is 13.1. The van der Waals surface area contributed by atoms with Crippen LogP contribution < -0.4 is 0 Å². The van der Waals surface area contributed by atoms with Crippen molar-refractivity contribution in [3.63, 3.8) is 0 Å². The number of sulfonamides is 1. The topological polar surface area (TPSA) is 65.0 Å². The number of rotatable bonds is 2. The Morgan fingerprint density at radius 1 is 1.36 bits per heavy atom. The van der Waals surface area contributed by atoms with Gasteiger partial charge in [-0.3, -0.25) is 0 Å². The van der Waals surface area contributed by atoms with Gasteiger partial charge in [0.2, 0.25) is 10.0 Å². The number of ether oxygens (including phenoxy) is 2. The summed E-state index contributed by atoms with van der Waals surface area (Å²) in [5.74, 6) is 0.0536. The third-order valence-electron chi connectivity index (χ3n) is 4.71. The van der Waals surface area contributed by atoms with Crippen LogP contribution in [0.25, 0.3) is 0 Å². The van der Waals surface area contributed by atoms with Gasteiger partial charge in [-0.05, 0) is 42.2 Å². The lowest BCUT2D eigenvalue weighted by molar-refractivity contribution is -0.148. The van der Waals surface area contributed by atoms with Crippen LogP contribution in [0.2, 0.25) is 0 Å². The maximum absolute atomic E-state index is 11.4. The largest absolute Gasteiger partial charge is 0.344 e. The standard InChI is InChI=1S/C16H23NO4S/c1-12-5-3-6-13(11-17-22(2,18)19)15-14(12)7-4-8-16(15)20-9-10-21-16/h3,5,11-12,14H,4,6-10H2,1-2H3/b17-11-/t12-,14+/m0/s1. The van der Waals surface area contributed by atoms with Gasteiger partial charge in [0.15, 0.2) is 5.79 Å². The molecular weight excluding hydrogens is 302 g/mol. The van der Waals surface area contributed by atoms with E-state index in [1.54, 1.807) is 0 Å². The summed E-state index contributed by atoms with van der Waals surface area (Å²) in [6.07, 6.45) is 10.6. The second kappa shape index (κ2) is 5.91. The molecular formula is C16H23NO4S. The molecule has 0 radical (unpaired) electrons. The predicted molar refractivity (Wildman–Crippen MR) is 85.3 cm³/mol. The first kappa shape index (κ1) is 15.9. The zero-order chi connectivity index (χ0) is 15.8. The molecule has 5 nitrogen and oxygen atoms in total. The van der Waals surface area contributed by atoms with Crippen molar-refractivity contribution in [3.8, 4) is 0 Å². The van der Waals surface area contributed by atoms with Gasteiger partial charge in [0.1, 0.15) is 0 Å². The Kier molecular flexibility index (Phi) is 4.27. The van der Waals surface area contributed by atoms with Gasteiger partial charge in [0.05, 0.1) is 19.5 Å². The molecule has 0 amide bonds. The van der Waals surface area contributed by atoms with E-state index >= 15 is 0 Å². The highest BCUT2D eigenvalue weighted by Crippen LogP contribution is 2.48. The van der Waals surface area contributed by atoms with Crippen molar-refractivity contribution in [2.75, 3.05) is 19.5 Å². The van der Waals surface area contributed by atoms with E-state index in [-0.39, 0.29) is 0 Å². The van der Waals surface area contributed by atoms with Crippen LogP contribution in [0.15, 0.2) is 27.7 Å². The van der Waals surface area contributed by atoms with Crippen LogP contribution in [-0.4, -0.2) is 39.9 Å². The Hall–Kier alpha value is -0.980. The Labute approximate surface area is 132 Å². The van der Waals surface area contributed by atoms with Crippen molar-refractivity contribution >= 4 is 16.2 Å². The molecule has 0 aromatic rings. The Bertz CT molecular complexity index is 627. The van der Waals surface area contributed by atoms with E-state index < -0.39 is 15.8 Å². The van der Waals surface area contributed by atoms with E-state index in [2.05, 4.69) is 23.5 Å². The molecule has 1 heterocycles. The van der Waals surface area contributed by atoms with Crippen LogP contribution in [-0.2, 0) is 19.5 Å². The zero-order valence-corrected chi connectivity index (χ0v) is 13.9. The summed E-state index contributed by atoms with van der Waals surface area (Å²) in [5.41, 5.74) is 2.04. The number of fused-ring (bicyclic) bond motifs is 2. The molecule has 0 bridgehead atoms. The lowest BCUT2D eigenvalue weighted by atomic mass is 9.72. The molecule has 3 rings (SSSR count). The molecule has 122 valence electrons. The van der Waals surface area contributed by atoms with Crippen LogP contribution in [0.5, 0.6) is 0 Å². The first-order valence-electron chi connectivity index (χ1n) is 7.85. The normalized spacial score (nSPS) is 31.7. The summed E-state index contributed by atoms with van der Waals surface area (Å²) in [6.45, 7) is 3.38. The summed E-state index contributed by atoms with van der Waals surface area (Å²) in [7, 11) is -3.39. The highest BCUT2D eigenvalue weighted by Gasteiger charge is 2.48. The lowest BCUT2D eigenvalue weighted by Crippen LogP contribution is -2.41. The summed E-state index contributed by atoms with van der Waals surface area (Å²) in [4.78, 5) is 0. The molecule has 2 aliphatic carbocycles. The fourth-order valence-electron chi connectivity index (χ4n) is 3.81. The summed E-state index contributed by atoms with van der Waals surface area (Å²) < 4.78 is 38.5. The van der Waals surface area contributed by atoms with Gasteiger partial charge in [-0.2, -0.15) is 4.40 Å². The minimum Gasteiger partial charge on any atom is -0.344 e. The maximum atomic E-state index is 11.4. The fourth-order valence-corrected chi connectivity index (χ4v) is 4.13. The molecule has 0 unspecified atom stereocenters. The van der Waals surface area contributed by atoms with Gasteiger partial charge in [0, 0.05) is 12.6 Å². The molecule has 0 N–H and O–H groups in total. The molecule has 3 aliphatic rings. The molecule has 1 saturated heterocycles. The molecule has 1 saturated carbocycles. The molecule has 0 aromatic carbocycles. The van der Waals surface area contributed by atoms with Crippen LogP contribution in [0.4, 0.5) is 0 Å². The number of nitrogens with zero attached hydrogens (tertiary/aromatic N) is 1. The van der Waals surface area contributed by atoms with Crippen LogP contribution in [0.1, 0.15) is 32.6 Å². The summed E-state index contributed by atoms with van der Waals surface area (Å²) in [6, 6.07) is 0. The summed E-state index contributed by atoms with van der Waals surface area (Å²) >= 11 is 0. The molecule has 6 heteroatoms. The summed E-state index contributed by atoms with van der Waals surface area (Å²) in [5, 5.41) is 0. The molecule has 2 atom stereocenters. The van der Waals surface area contributed by atoms with Gasteiger partial charge in [0.25, 0.3) is 0 Å². The predicted octanol–water partition coefficient (Wildman–Crippen LogP) is 2.45. The Balaban J connectivity index is 2.10. The Morgan fingerprint density at radius 2 is 2.09 bits per heavy atom. The smallest absolute Gasteiger partial charge is 0.250 e. The number of allylic oxidation sites excluding steroid dienone is 3. The van der Waals surface area contributed by atoms with Crippen molar-refractivity contribution < 1.29 is 17.9 Å². The SMILES string of the molecule is C[C@H]1C=CCC(/C=N\S(C)(=O)=O)=C2[C@@H]1CCCC21OCCO1. The van der Waals surface area contributed by atoms with E-state index in [4.69, 9.17) is 9.47 Å². The van der Waals surface area contributed by atoms with Crippen molar-refractivity contribution in [1.29, 1.82) is 0 Å². The van der Waals surface area contributed by atoms with Gasteiger partial charge < -0.3 is 9.47 Å². The molecule has 1 spiro atoms. The van der Waals surface area contributed by atoms with E-state index in [0.717, 1.165) is 36.7 Å². The second-order valence-corrected chi connectivity index (χ2v) is 8.02. The number of hydrogen-bond acceptors (Lipinski definition) is 4. The first-order valence-corrected chi connectivity index (χ1v) is 9.69. The molecule has 2 fully saturated rings. The van der Waals surface area contributed by atoms with Gasteiger partial charge in [-0.15, -0.1) is 0 Å². The van der Waals surface area contributed by atoms with Crippen LogP contribution >= 0.6 is 0 Å². The van der Waals surface area contributed by atoms with Crippen molar-refractivity contribution in [2.24, 2.45) is 16.2 Å². The van der Waals surface area contributed by atoms with Gasteiger partial charge in [-0.1, -0.05) is 19.1 Å². The number of hydrogen-bond donors (Lipinski definition) is 0. The average molecular weight is 325 g/mol. The van der Waals surface area contributed by atoms with Crippen LogP contribution in [0, 0.1) is 11.8 Å². The molecule has 22 heavy (non-hydrogen) atoms. The van der Waals surface area contributed by atoms with Gasteiger partial charge in [-0.25, -0.2) is 8.42 Å². The quantitative estimate of drug-likeness (QED) is 0.578. The lowest BCUT2D eigenvalue weighted by Gasteiger charge is -2.41. The van der Waals surface area contributed by atoms with E-state index in [1.165, 1.54) is 6.21 Å². The van der Waals surface area contributed by atoms with Crippen molar-refractivity contribution in [2.45, 2.75) is 38.4 Å². The van der Waals surface area contributed by atoms with E-state index in [0.29, 0.717) is 31.5 Å². The minimum absolute atomic E-state index is 0.326. The van der Waals surface area contributed by atoms with Crippen LogP contribution in [0.3, 0.4) is 0 Å². The highest BCUT2D eigenvalue weighted by molar-refractivity contribution is 7.89. The molecule has 0 aromatic heterocycles.